The third kappa shape index (κ3) is 7.73. The van der Waals surface area contributed by atoms with Gasteiger partial charge in [0, 0.05) is 17.7 Å². The zero-order chi connectivity index (χ0) is 16.9. The third-order valence-corrected chi connectivity index (χ3v) is 3.06. The Kier molecular flexibility index (Phi) is 9.60. The maximum absolute atomic E-state index is 11.7. The van der Waals surface area contributed by atoms with E-state index >= 15 is 0 Å². The number of ether oxygens (including phenoxy) is 3. The molecular weight excluding hydrogens is 292 g/mol. The van der Waals surface area contributed by atoms with E-state index in [-0.39, 0.29) is 5.97 Å². The largest absolute Gasteiger partial charge is 0.493 e. The van der Waals surface area contributed by atoms with Crippen molar-refractivity contribution in [2.45, 2.75) is 46.5 Å². The Labute approximate surface area is 139 Å². The second kappa shape index (κ2) is 11.6. The first kappa shape index (κ1) is 19.1. The molecule has 4 nitrogen and oxygen atoms in total. The summed E-state index contributed by atoms with van der Waals surface area (Å²) in [5, 5.41) is 0. The summed E-state index contributed by atoms with van der Waals surface area (Å²) in [6.07, 6.45) is 6.93. The van der Waals surface area contributed by atoms with Crippen molar-refractivity contribution in [2.75, 3.05) is 19.8 Å². The Morgan fingerprint density at radius 3 is 2.43 bits per heavy atom. The zero-order valence-corrected chi connectivity index (χ0v) is 14.5. The van der Waals surface area contributed by atoms with Crippen LogP contribution in [0.25, 0.3) is 6.08 Å². The molecule has 0 heterocycles. The smallest absolute Gasteiger partial charge is 0.330 e. The van der Waals surface area contributed by atoms with E-state index in [0.29, 0.717) is 19.8 Å². The summed E-state index contributed by atoms with van der Waals surface area (Å²) in [5.41, 5.74) is 0.842. The lowest BCUT2D eigenvalue weighted by atomic mass is 10.1. The van der Waals surface area contributed by atoms with Crippen LogP contribution in [0.3, 0.4) is 0 Å². The van der Waals surface area contributed by atoms with Gasteiger partial charge in [0.05, 0.1) is 19.8 Å². The molecule has 0 aliphatic rings. The number of hydrogen-bond acceptors (Lipinski definition) is 4. The van der Waals surface area contributed by atoms with Gasteiger partial charge < -0.3 is 14.2 Å². The summed E-state index contributed by atoms with van der Waals surface area (Å²) in [6.45, 7) is 7.94. The topological polar surface area (TPSA) is 44.8 Å². The molecule has 0 aromatic heterocycles. The zero-order valence-electron chi connectivity index (χ0n) is 14.5. The molecule has 0 N–H and O–H groups in total. The van der Waals surface area contributed by atoms with Gasteiger partial charge in [-0.25, -0.2) is 4.79 Å². The minimum Gasteiger partial charge on any atom is -0.493 e. The fourth-order valence-electron chi connectivity index (χ4n) is 1.82. The van der Waals surface area contributed by atoms with Gasteiger partial charge in [-0.15, -0.1) is 0 Å². The highest BCUT2D eigenvalue weighted by molar-refractivity contribution is 5.87. The Morgan fingerprint density at radius 1 is 1.00 bits per heavy atom. The second-order valence-corrected chi connectivity index (χ2v) is 5.25. The lowest BCUT2D eigenvalue weighted by molar-refractivity contribution is -0.137. The summed E-state index contributed by atoms with van der Waals surface area (Å²) < 4.78 is 16.5. The van der Waals surface area contributed by atoms with Gasteiger partial charge in [-0.2, -0.15) is 0 Å². The highest BCUT2D eigenvalue weighted by atomic mass is 16.5. The SMILES string of the molecule is CCCCOC(=O)C=Cc1ccc(OCCC)cc1OCCC. The molecule has 0 aliphatic carbocycles. The number of esters is 1. The summed E-state index contributed by atoms with van der Waals surface area (Å²) >= 11 is 0. The highest BCUT2D eigenvalue weighted by Gasteiger charge is 2.05. The Morgan fingerprint density at radius 2 is 1.74 bits per heavy atom. The summed E-state index contributed by atoms with van der Waals surface area (Å²) in [6, 6.07) is 5.65. The van der Waals surface area contributed by atoms with Crippen LogP contribution in [0, 0.1) is 0 Å². The highest BCUT2D eigenvalue weighted by Crippen LogP contribution is 2.26. The van der Waals surface area contributed by atoms with Crippen molar-refractivity contribution < 1.29 is 19.0 Å². The van der Waals surface area contributed by atoms with Crippen molar-refractivity contribution in [1.82, 2.24) is 0 Å². The molecule has 0 unspecified atom stereocenters. The summed E-state index contributed by atoms with van der Waals surface area (Å²) in [4.78, 5) is 11.7. The van der Waals surface area contributed by atoms with E-state index in [1.807, 2.05) is 18.2 Å². The molecule has 0 saturated heterocycles. The normalized spacial score (nSPS) is 10.7. The van der Waals surface area contributed by atoms with Crippen molar-refractivity contribution >= 4 is 12.0 Å². The Bertz CT molecular complexity index is 494. The van der Waals surface area contributed by atoms with Crippen molar-refractivity contribution in [3.05, 3.63) is 29.8 Å². The maximum Gasteiger partial charge on any atom is 0.330 e. The van der Waals surface area contributed by atoms with E-state index in [4.69, 9.17) is 14.2 Å². The van der Waals surface area contributed by atoms with Crippen molar-refractivity contribution in [2.24, 2.45) is 0 Å². The van der Waals surface area contributed by atoms with Gasteiger partial charge in [0.25, 0.3) is 0 Å². The fraction of sp³-hybridized carbons (Fsp3) is 0.526. The van der Waals surface area contributed by atoms with Gasteiger partial charge in [0.15, 0.2) is 0 Å². The van der Waals surface area contributed by atoms with Crippen molar-refractivity contribution in [3.8, 4) is 11.5 Å². The average Bonchev–Trinajstić information content (AvgIpc) is 2.57. The first-order valence-corrected chi connectivity index (χ1v) is 8.45. The lowest BCUT2D eigenvalue weighted by Crippen LogP contribution is -2.02. The van der Waals surface area contributed by atoms with Crippen LogP contribution in [-0.2, 0) is 9.53 Å². The minimum absolute atomic E-state index is 0.328. The van der Waals surface area contributed by atoms with Crippen LogP contribution in [0.5, 0.6) is 11.5 Å². The molecule has 0 fully saturated rings. The van der Waals surface area contributed by atoms with E-state index in [1.54, 1.807) is 6.08 Å². The molecular formula is C19H28O4. The summed E-state index contributed by atoms with van der Waals surface area (Å²) in [5.74, 6) is 1.17. The van der Waals surface area contributed by atoms with Crippen LogP contribution in [0.4, 0.5) is 0 Å². The molecule has 128 valence electrons. The Balaban J connectivity index is 2.76. The standard InChI is InChI=1S/C19H28O4/c1-4-7-14-23-19(20)11-9-16-8-10-17(21-12-5-2)15-18(16)22-13-6-3/h8-11,15H,4-7,12-14H2,1-3H3. The molecule has 0 saturated carbocycles. The van der Waals surface area contributed by atoms with Gasteiger partial charge >= 0.3 is 5.97 Å². The number of carbonyl (C=O) groups is 1. The first-order valence-electron chi connectivity index (χ1n) is 8.45. The number of benzene rings is 1. The first-order chi connectivity index (χ1) is 11.2. The van der Waals surface area contributed by atoms with Crippen LogP contribution in [0.15, 0.2) is 24.3 Å². The molecule has 1 rings (SSSR count). The lowest BCUT2D eigenvalue weighted by Gasteiger charge is -2.11. The number of unbranched alkanes of at least 4 members (excludes halogenated alkanes) is 1. The van der Waals surface area contributed by atoms with Gasteiger partial charge in [-0.1, -0.05) is 27.2 Å². The Hall–Kier alpha value is -1.97. The molecule has 4 heteroatoms. The summed E-state index contributed by atoms with van der Waals surface area (Å²) in [7, 11) is 0. The third-order valence-electron chi connectivity index (χ3n) is 3.06. The van der Waals surface area contributed by atoms with Crippen molar-refractivity contribution in [1.29, 1.82) is 0 Å². The second-order valence-electron chi connectivity index (χ2n) is 5.25. The number of rotatable bonds is 11. The van der Waals surface area contributed by atoms with Crippen LogP contribution in [-0.4, -0.2) is 25.8 Å². The van der Waals surface area contributed by atoms with Crippen molar-refractivity contribution in [3.63, 3.8) is 0 Å². The predicted octanol–water partition coefficient (Wildman–Crippen LogP) is 4.62. The molecule has 0 aliphatic heterocycles. The molecule has 0 atom stereocenters. The average molecular weight is 320 g/mol. The van der Waals surface area contributed by atoms with Gasteiger partial charge in [0.2, 0.25) is 0 Å². The number of carbonyl (C=O) groups excluding carboxylic acids is 1. The van der Waals surface area contributed by atoms with E-state index in [1.165, 1.54) is 6.08 Å². The predicted molar refractivity (Wildman–Crippen MR) is 92.9 cm³/mol. The molecule has 0 bridgehead atoms. The monoisotopic (exact) mass is 320 g/mol. The molecule has 0 radical (unpaired) electrons. The van der Waals surface area contributed by atoms with Gasteiger partial charge in [-0.05, 0) is 37.5 Å². The van der Waals surface area contributed by atoms with E-state index in [9.17, 15) is 4.79 Å². The molecule has 1 aromatic rings. The van der Waals surface area contributed by atoms with Crippen LogP contribution in [0.2, 0.25) is 0 Å². The fourth-order valence-corrected chi connectivity index (χ4v) is 1.82. The van der Waals surface area contributed by atoms with Crippen LogP contribution < -0.4 is 9.47 Å². The minimum atomic E-state index is -0.328. The molecule has 0 amide bonds. The van der Waals surface area contributed by atoms with Crippen LogP contribution in [0.1, 0.15) is 52.0 Å². The quantitative estimate of drug-likeness (QED) is 0.339. The molecule has 1 aromatic carbocycles. The van der Waals surface area contributed by atoms with E-state index in [2.05, 4.69) is 20.8 Å². The maximum atomic E-state index is 11.7. The van der Waals surface area contributed by atoms with Gasteiger partial charge in [-0.3, -0.25) is 0 Å². The van der Waals surface area contributed by atoms with E-state index in [0.717, 1.165) is 42.7 Å². The number of hydrogen-bond donors (Lipinski definition) is 0. The molecule has 0 spiro atoms. The van der Waals surface area contributed by atoms with Gasteiger partial charge in [0.1, 0.15) is 11.5 Å². The molecule has 23 heavy (non-hydrogen) atoms. The van der Waals surface area contributed by atoms with E-state index < -0.39 is 0 Å². The van der Waals surface area contributed by atoms with Crippen LogP contribution >= 0.6 is 0 Å².